The number of nitrogens with one attached hydrogen (secondary N) is 1. The summed E-state index contributed by atoms with van der Waals surface area (Å²) in [5.41, 5.74) is 6.16. The van der Waals surface area contributed by atoms with Crippen LogP contribution in [0, 0.1) is 0 Å². The van der Waals surface area contributed by atoms with Crippen molar-refractivity contribution in [3.8, 4) is 11.5 Å². The quantitative estimate of drug-likeness (QED) is 0.444. The van der Waals surface area contributed by atoms with E-state index in [2.05, 4.69) is 10.5 Å². The first-order valence-electron chi connectivity index (χ1n) is 8.35. The highest BCUT2D eigenvalue weighted by molar-refractivity contribution is 6.01. The topological polar surface area (TPSA) is 69.2 Å². The second kappa shape index (κ2) is 9.46. The van der Waals surface area contributed by atoms with E-state index in [9.17, 15) is 4.79 Å². The molecule has 0 atom stereocenters. The number of methoxy groups -OCH3 is 2. The van der Waals surface area contributed by atoms with Crippen LogP contribution in [0.1, 0.15) is 25.0 Å². The summed E-state index contributed by atoms with van der Waals surface area (Å²) in [6.07, 6.45) is 0.127. The van der Waals surface area contributed by atoms with Gasteiger partial charge in [0.2, 0.25) is 0 Å². The summed E-state index contributed by atoms with van der Waals surface area (Å²) >= 11 is 0. The molecular weight excluding hydrogens is 332 g/mol. The standard InChI is InChI=1S/C20H24N2O4/c1-5-26-20(23)12-15-11-18(24-3)19(25-4)13-17(15)14(2)21-22-16-9-7-6-8-10-16/h6-11,13,22H,5,12H2,1-4H3. The predicted octanol–water partition coefficient (Wildman–Crippen LogP) is 3.65. The maximum atomic E-state index is 12.0. The molecule has 0 unspecified atom stereocenters. The third-order valence-corrected chi connectivity index (χ3v) is 3.77. The number of anilines is 1. The van der Waals surface area contributed by atoms with Gasteiger partial charge in [0.15, 0.2) is 11.5 Å². The van der Waals surface area contributed by atoms with E-state index >= 15 is 0 Å². The summed E-state index contributed by atoms with van der Waals surface area (Å²) in [6, 6.07) is 13.2. The van der Waals surface area contributed by atoms with Gasteiger partial charge in [-0.2, -0.15) is 5.10 Å². The Morgan fingerprint density at radius 2 is 1.73 bits per heavy atom. The highest BCUT2D eigenvalue weighted by atomic mass is 16.5. The Kier molecular flexibility index (Phi) is 7.02. The van der Waals surface area contributed by atoms with Gasteiger partial charge >= 0.3 is 5.97 Å². The van der Waals surface area contributed by atoms with Crippen LogP contribution in [0.3, 0.4) is 0 Å². The first kappa shape index (κ1) is 19.3. The number of benzene rings is 2. The first-order chi connectivity index (χ1) is 12.6. The number of para-hydroxylation sites is 1. The van der Waals surface area contributed by atoms with Gasteiger partial charge in [-0.25, -0.2) is 0 Å². The van der Waals surface area contributed by atoms with Gasteiger partial charge in [0, 0.05) is 5.56 Å². The molecule has 0 aliphatic rings. The average molecular weight is 356 g/mol. The summed E-state index contributed by atoms with van der Waals surface area (Å²) < 4.78 is 15.8. The molecule has 2 rings (SSSR count). The summed E-state index contributed by atoms with van der Waals surface area (Å²) in [5, 5.41) is 4.43. The van der Waals surface area contributed by atoms with Gasteiger partial charge in [0.1, 0.15) is 0 Å². The van der Waals surface area contributed by atoms with Gasteiger partial charge in [0.25, 0.3) is 0 Å². The molecule has 0 saturated carbocycles. The molecule has 0 heterocycles. The Balaban J connectivity index is 2.37. The zero-order valence-electron chi connectivity index (χ0n) is 15.5. The molecule has 0 saturated heterocycles. The molecule has 0 bridgehead atoms. The van der Waals surface area contributed by atoms with Crippen molar-refractivity contribution >= 4 is 17.4 Å². The lowest BCUT2D eigenvalue weighted by atomic mass is 10.00. The van der Waals surface area contributed by atoms with Gasteiger partial charge < -0.3 is 14.2 Å². The molecule has 1 N–H and O–H groups in total. The van der Waals surface area contributed by atoms with Gasteiger partial charge in [-0.05, 0) is 43.7 Å². The van der Waals surface area contributed by atoms with Gasteiger partial charge in [-0.15, -0.1) is 0 Å². The minimum Gasteiger partial charge on any atom is -0.493 e. The fourth-order valence-electron chi connectivity index (χ4n) is 2.49. The van der Waals surface area contributed by atoms with Crippen LogP contribution >= 0.6 is 0 Å². The van der Waals surface area contributed by atoms with E-state index in [1.54, 1.807) is 27.2 Å². The van der Waals surface area contributed by atoms with Crippen LogP contribution < -0.4 is 14.9 Å². The molecule has 0 fully saturated rings. The normalized spacial score (nSPS) is 11.0. The summed E-state index contributed by atoms with van der Waals surface area (Å²) in [6.45, 7) is 3.99. The number of hydrazone groups is 1. The number of carbonyl (C=O) groups excluding carboxylic acids is 1. The molecule has 6 nitrogen and oxygen atoms in total. The lowest BCUT2D eigenvalue weighted by Gasteiger charge is -2.15. The number of ether oxygens (including phenoxy) is 3. The number of hydrogen-bond acceptors (Lipinski definition) is 6. The molecular formula is C20H24N2O4. The fraction of sp³-hybridized carbons (Fsp3) is 0.300. The van der Waals surface area contributed by atoms with Crippen LogP contribution in [0.5, 0.6) is 11.5 Å². The average Bonchev–Trinajstić information content (AvgIpc) is 2.66. The Bertz CT molecular complexity index is 773. The molecule has 6 heteroatoms. The minimum absolute atomic E-state index is 0.127. The van der Waals surface area contributed by atoms with Crippen LogP contribution in [0.2, 0.25) is 0 Å². The summed E-state index contributed by atoms with van der Waals surface area (Å²) in [4.78, 5) is 12.0. The van der Waals surface area contributed by atoms with Crippen LogP contribution in [-0.4, -0.2) is 32.5 Å². The molecule has 0 amide bonds. The van der Waals surface area contributed by atoms with E-state index < -0.39 is 0 Å². The highest BCUT2D eigenvalue weighted by Crippen LogP contribution is 2.31. The number of rotatable bonds is 8. The molecule has 0 spiro atoms. The zero-order valence-corrected chi connectivity index (χ0v) is 15.5. The summed E-state index contributed by atoms with van der Waals surface area (Å²) in [7, 11) is 3.13. The van der Waals surface area contributed by atoms with E-state index in [-0.39, 0.29) is 12.4 Å². The van der Waals surface area contributed by atoms with Crippen molar-refractivity contribution in [2.75, 3.05) is 26.3 Å². The Hall–Kier alpha value is -3.02. The van der Waals surface area contributed by atoms with E-state index in [0.717, 1.165) is 16.8 Å². The van der Waals surface area contributed by atoms with Gasteiger partial charge in [-0.1, -0.05) is 18.2 Å². The Labute approximate surface area is 153 Å². The van der Waals surface area contributed by atoms with Crippen molar-refractivity contribution in [1.82, 2.24) is 0 Å². The van der Waals surface area contributed by atoms with E-state index in [4.69, 9.17) is 14.2 Å². The SMILES string of the molecule is CCOC(=O)Cc1cc(OC)c(OC)cc1C(C)=NNc1ccccc1. The van der Waals surface area contributed by atoms with Crippen molar-refractivity contribution in [2.45, 2.75) is 20.3 Å². The monoisotopic (exact) mass is 356 g/mol. The maximum absolute atomic E-state index is 12.0. The van der Waals surface area contributed by atoms with Crippen LogP contribution in [0.15, 0.2) is 47.6 Å². The Morgan fingerprint density at radius 3 is 2.35 bits per heavy atom. The smallest absolute Gasteiger partial charge is 0.310 e. The van der Waals surface area contributed by atoms with Crippen molar-refractivity contribution in [1.29, 1.82) is 0 Å². The lowest BCUT2D eigenvalue weighted by Crippen LogP contribution is -2.12. The molecule has 0 aliphatic carbocycles. The van der Waals surface area contributed by atoms with Crippen molar-refractivity contribution in [3.05, 3.63) is 53.6 Å². The lowest BCUT2D eigenvalue weighted by molar-refractivity contribution is -0.142. The second-order valence-electron chi connectivity index (χ2n) is 5.52. The predicted molar refractivity (Wildman–Crippen MR) is 102 cm³/mol. The van der Waals surface area contributed by atoms with E-state index in [1.807, 2.05) is 43.3 Å². The van der Waals surface area contributed by atoms with Crippen molar-refractivity contribution in [2.24, 2.45) is 5.10 Å². The molecule has 0 radical (unpaired) electrons. The first-order valence-corrected chi connectivity index (χ1v) is 8.35. The van der Waals surface area contributed by atoms with Crippen molar-refractivity contribution in [3.63, 3.8) is 0 Å². The molecule has 26 heavy (non-hydrogen) atoms. The number of carbonyl (C=O) groups is 1. The third kappa shape index (κ3) is 4.99. The van der Waals surface area contributed by atoms with E-state index in [1.165, 1.54) is 0 Å². The highest BCUT2D eigenvalue weighted by Gasteiger charge is 2.16. The molecule has 0 aromatic heterocycles. The molecule has 0 aliphatic heterocycles. The van der Waals surface area contributed by atoms with Gasteiger partial charge in [-0.3, -0.25) is 10.2 Å². The van der Waals surface area contributed by atoms with Crippen LogP contribution in [-0.2, 0) is 16.0 Å². The number of hydrogen-bond donors (Lipinski definition) is 1. The number of esters is 1. The third-order valence-electron chi connectivity index (χ3n) is 3.77. The minimum atomic E-state index is -0.301. The van der Waals surface area contributed by atoms with Crippen molar-refractivity contribution < 1.29 is 19.0 Å². The van der Waals surface area contributed by atoms with Gasteiger partial charge in [0.05, 0.1) is 38.6 Å². The molecule has 2 aromatic rings. The second-order valence-corrected chi connectivity index (χ2v) is 5.52. The zero-order chi connectivity index (χ0) is 18.9. The molecule has 138 valence electrons. The largest absolute Gasteiger partial charge is 0.493 e. The maximum Gasteiger partial charge on any atom is 0.310 e. The number of nitrogens with zero attached hydrogens (tertiary/aromatic N) is 1. The fourth-order valence-corrected chi connectivity index (χ4v) is 2.49. The summed E-state index contributed by atoms with van der Waals surface area (Å²) in [5.74, 6) is 0.827. The van der Waals surface area contributed by atoms with E-state index in [0.29, 0.717) is 23.8 Å². The van der Waals surface area contributed by atoms with Crippen LogP contribution in [0.25, 0.3) is 0 Å². The Morgan fingerprint density at radius 1 is 1.08 bits per heavy atom. The molecule has 2 aromatic carbocycles. The van der Waals surface area contributed by atoms with Crippen LogP contribution in [0.4, 0.5) is 5.69 Å².